The van der Waals surface area contributed by atoms with Gasteiger partial charge in [-0.3, -0.25) is 24.1 Å². The molecule has 7 heteroatoms. The van der Waals surface area contributed by atoms with Crippen LogP contribution in [0.1, 0.15) is 53.5 Å². The Balaban J connectivity index is 1.75. The predicted octanol–water partition coefficient (Wildman–Crippen LogP) is 2.97. The highest BCUT2D eigenvalue weighted by Crippen LogP contribution is 2.28. The number of benzene rings is 2. The van der Waals surface area contributed by atoms with E-state index in [0.29, 0.717) is 23.2 Å². The first-order chi connectivity index (χ1) is 14.3. The number of carbonyl (C=O) groups excluding carboxylic acids is 4. The van der Waals surface area contributed by atoms with E-state index in [9.17, 15) is 19.2 Å². The molecule has 1 aliphatic rings. The van der Waals surface area contributed by atoms with Crippen LogP contribution in [0.15, 0.2) is 48.5 Å². The molecule has 1 heterocycles. The molecule has 0 unspecified atom stereocenters. The molecule has 4 amide bonds. The van der Waals surface area contributed by atoms with Crippen molar-refractivity contribution in [1.29, 1.82) is 0 Å². The molecule has 0 fully saturated rings. The van der Waals surface area contributed by atoms with Crippen LogP contribution in [0.4, 0.5) is 5.69 Å². The van der Waals surface area contributed by atoms with E-state index in [1.54, 1.807) is 48.5 Å². The fourth-order valence-corrected chi connectivity index (χ4v) is 3.52. The lowest BCUT2D eigenvalue weighted by molar-refractivity contribution is -0.126. The lowest BCUT2D eigenvalue weighted by atomic mass is 9.96. The molecule has 0 aromatic heterocycles. The number of nitrogens with zero attached hydrogens (tertiary/aromatic N) is 1. The van der Waals surface area contributed by atoms with Crippen LogP contribution in [0.2, 0.25) is 0 Å². The van der Waals surface area contributed by atoms with Crippen LogP contribution in [0.5, 0.6) is 0 Å². The van der Waals surface area contributed by atoms with Crippen molar-refractivity contribution in [2.24, 2.45) is 5.92 Å². The number of hydrogen-bond acceptors (Lipinski definition) is 4. The summed E-state index contributed by atoms with van der Waals surface area (Å²) in [7, 11) is 0. The summed E-state index contributed by atoms with van der Waals surface area (Å²) in [6.07, 6.45) is 0.636. The Bertz CT molecular complexity index is 949. The second-order valence-corrected chi connectivity index (χ2v) is 7.45. The first kappa shape index (κ1) is 21.2. The zero-order valence-corrected chi connectivity index (χ0v) is 17.3. The maximum absolute atomic E-state index is 13.0. The maximum atomic E-state index is 13.0. The van der Waals surface area contributed by atoms with Crippen molar-refractivity contribution >= 4 is 29.3 Å². The lowest BCUT2D eigenvalue weighted by Crippen LogP contribution is -2.52. The summed E-state index contributed by atoms with van der Waals surface area (Å²) in [6, 6.07) is 12.8. The highest BCUT2D eigenvalue weighted by atomic mass is 16.2. The Morgan fingerprint density at radius 1 is 0.967 bits per heavy atom. The van der Waals surface area contributed by atoms with E-state index >= 15 is 0 Å². The molecule has 0 spiro atoms. The molecule has 2 N–H and O–H groups in total. The van der Waals surface area contributed by atoms with Crippen LogP contribution >= 0.6 is 0 Å². The zero-order chi connectivity index (χ0) is 21.8. The van der Waals surface area contributed by atoms with E-state index in [1.807, 2.05) is 13.8 Å². The van der Waals surface area contributed by atoms with E-state index in [-0.39, 0.29) is 24.3 Å². The normalized spacial score (nSPS) is 14.8. The van der Waals surface area contributed by atoms with Crippen LogP contribution in [0, 0.1) is 5.92 Å². The highest BCUT2D eigenvalue weighted by molar-refractivity contribution is 6.22. The Morgan fingerprint density at radius 2 is 1.53 bits per heavy atom. The summed E-state index contributed by atoms with van der Waals surface area (Å²) < 4.78 is 0. The number of anilines is 1. The molecular weight excluding hydrogens is 382 g/mol. The van der Waals surface area contributed by atoms with Gasteiger partial charge in [0.05, 0.1) is 11.1 Å². The highest BCUT2D eigenvalue weighted by Gasteiger charge is 2.44. The minimum atomic E-state index is -0.888. The summed E-state index contributed by atoms with van der Waals surface area (Å²) in [5, 5.41) is 5.53. The Morgan fingerprint density at radius 3 is 2.03 bits per heavy atom. The van der Waals surface area contributed by atoms with Gasteiger partial charge in [0.25, 0.3) is 11.8 Å². The molecule has 0 bridgehead atoms. The second kappa shape index (κ2) is 8.90. The van der Waals surface area contributed by atoms with Crippen LogP contribution in [-0.2, 0) is 16.1 Å². The molecule has 1 aliphatic heterocycles. The molecule has 0 radical (unpaired) electrons. The number of nitrogens with one attached hydrogen (secondary N) is 2. The third-order valence-corrected chi connectivity index (χ3v) is 5.30. The fraction of sp³-hybridized carbons (Fsp3) is 0.304. The van der Waals surface area contributed by atoms with Gasteiger partial charge in [0.2, 0.25) is 11.8 Å². The van der Waals surface area contributed by atoms with Crippen molar-refractivity contribution in [2.75, 3.05) is 5.32 Å². The van der Waals surface area contributed by atoms with Gasteiger partial charge in [-0.25, -0.2) is 0 Å². The van der Waals surface area contributed by atoms with Crippen molar-refractivity contribution in [3.05, 3.63) is 65.2 Å². The summed E-state index contributed by atoms with van der Waals surface area (Å²) in [6.45, 7) is 5.46. The van der Waals surface area contributed by atoms with E-state index in [1.165, 1.54) is 6.92 Å². The fourth-order valence-electron chi connectivity index (χ4n) is 3.52. The van der Waals surface area contributed by atoms with Gasteiger partial charge in [0.1, 0.15) is 6.04 Å². The number of hydrogen-bond donors (Lipinski definition) is 2. The smallest absolute Gasteiger partial charge is 0.262 e. The van der Waals surface area contributed by atoms with Crippen LogP contribution in [-0.4, -0.2) is 34.6 Å². The van der Waals surface area contributed by atoms with E-state index in [2.05, 4.69) is 10.6 Å². The summed E-state index contributed by atoms with van der Waals surface area (Å²) in [5.74, 6) is -1.60. The molecule has 0 aliphatic carbocycles. The van der Waals surface area contributed by atoms with E-state index < -0.39 is 17.9 Å². The molecule has 2 aromatic carbocycles. The largest absolute Gasteiger partial charge is 0.350 e. The first-order valence-electron chi connectivity index (χ1n) is 9.94. The topological polar surface area (TPSA) is 95.6 Å². The van der Waals surface area contributed by atoms with Gasteiger partial charge in [0, 0.05) is 19.2 Å². The summed E-state index contributed by atoms with van der Waals surface area (Å²) in [4.78, 5) is 51.0. The van der Waals surface area contributed by atoms with Gasteiger partial charge in [-0.1, -0.05) is 44.5 Å². The molecule has 0 saturated heterocycles. The van der Waals surface area contributed by atoms with Crippen molar-refractivity contribution in [1.82, 2.24) is 10.2 Å². The second-order valence-electron chi connectivity index (χ2n) is 7.45. The van der Waals surface area contributed by atoms with Crippen LogP contribution in [0.25, 0.3) is 0 Å². The average molecular weight is 407 g/mol. The first-order valence-corrected chi connectivity index (χ1v) is 9.94. The molecule has 30 heavy (non-hydrogen) atoms. The third-order valence-electron chi connectivity index (χ3n) is 5.30. The van der Waals surface area contributed by atoms with Gasteiger partial charge in [-0.15, -0.1) is 0 Å². The van der Waals surface area contributed by atoms with Crippen molar-refractivity contribution < 1.29 is 19.2 Å². The predicted molar refractivity (Wildman–Crippen MR) is 113 cm³/mol. The third kappa shape index (κ3) is 4.25. The van der Waals surface area contributed by atoms with Gasteiger partial charge >= 0.3 is 0 Å². The molecule has 7 nitrogen and oxygen atoms in total. The Hall–Kier alpha value is -3.48. The van der Waals surface area contributed by atoms with Crippen LogP contribution in [0.3, 0.4) is 0 Å². The SMILES string of the molecule is CC[C@@H](C)[C@H](C(=O)NCc1ccc(NC(C)=O)cc1)N1C(=O)c2ccccc2C1=O. The van der Waals surface area contributed by atoms with Crippen LogP contribution < -0.4 is 10.6 Å². The van der Waals surface area contributed by atoms with Gasteiger partial charge in [-0.05, 0) is 35.7 Å². The molecular formula is C23H25N3O4. The number of carbonyl (C=O) groups is 4. The van der Waals surface area contributed by atoms with Crippen molar-refractivity contribution in [3.63, 3.8) is 0 Å². The van der Waals surface area contributed by atoms with Gasteiger partial charge in [0.15, 0.2) is 0 Å². The van der Waals surface area contributed by atoms with E-state index in [0.717, 1.165) is 10.5 Å². The van der Waals surface area contributed by atoms with Gasteiger partial charge < -0.3 is 10.6 Å². The molecule has 2 atom stereocenters. The molecule has 156 valence electrons. The lowest BCUT2D eigenvalue weighted by Gasteiger charge is -2.29. The number of fused-ring (bicyclic) bond motifs is 1. The number of rotatable bonds is 7. The van der Waals surface area contributed by atoms with E-state index in [4.69, 9.17) is 0 Å². The Labute approximate surface area is 175 Å². The molecule has 3 rings (SSSR count). The standard InChI is InChI=1S/C23H25N3O4/c1-4-14(2)20(26-22(29)18-7-5-6-8-19(18)23(26)30)21(28)24-13-16-9-11-17(12-10-16)25-15(3)27/h5-12,14,20H,4,13H2,1-3H3,(H,24,28)(H,25,27)/t14-,20-/m1/s1. The molecule has 0 saturated carbocycles. The van der Waals surface area contributed by atoms with Crippen molar-refractivity contribution in [3.8, 4) is 0 Å². The minimum absolute atomic E-state index is 0.159. The van der Waals surface area contributed by atoms with Crippen molar-refractivity contribution in [2.45, 2.75) is 39.8 Å². The number of amides is 4. The monoisotopic (exact) mass is 407 g/mol. The minimum Gasteiger partial charge on any atom is -0.350 e. The summed E-state index contributed by atoms with van der Waals surface area (Å²) >= 11 is 0. The molecule has 2 aromatic rings. The maximum Gasteiger partial charge on any atom is 0.262 e. The zero-order valence-electron chi connectivity index (χ0n) is 17.3. The summed E-state index contributed by atoms with van der Waals surface area (Å²) in [5.41, 5.74) is 2.16. The number of imide groups is 1. The van der Waals surface area contributed by atoms with Gasteiger partial charge in [-0.2, -0.15) is 0 Å². The quantitative estimate of drug-likeness (QED) is 0.690. The average Bonchev–Trinajstić information content (AvgIpc) is 2.98. The Kier molecular flexibility index (Phi) is 6.30.